The third kappa shape index (κ3) is 3.89. The Morgan fingerprint density at radius 2 is 2.00 bits per heavy atom. The fourth-order valence-corrected chi connectivity index (χ4v) is 3.05. The number of nitrogens with zero attached hydrogens (tertiary/aromatic N) is 2. The second-order valence-corrected chi connectivity index (χ2v) is 6.29. The highest BCUT2D eigenvalue weighted by Gasteiger charge is 2.10. The molecule has 0 bridgehead atoms. The Kier molecular flexibility index (Phi) is 5.38. The molecule has 0 saturated heterocycles. The predicted octanol–water partition coefficient (Wildman–Crippen LogP) is 4.51. The van der Waals surface area contributed by atoms with Crippen molar-refractivity contribution in [3.63, 3.8) is 0 Å². The van der Waals surface area contributed by atoms with Gasteiger partial charge in [-0.15, -0.1) is 11.3 Å². The molecule has 0 atom stereocenters. The number of carbonyl (C=O) groups excluding carboxylic acids is 1. The highest BCUT2D eigenvalue weighted by Crippen LogP contribution is 2.24. The van der Waals surface area contributed by atoms with Gasteiger partial charge in [0.05, 0.1) is 12.0 Å². The standard InChI is InChI=1S/C18H19N3O2S/c1-2-3-4-10-23-14-7-5-13(6-8-14)17(22)21-16-15-9-11-24-18(15)20-12-19-16/h5-9,11-12H,2-4,10H2,1H3,(H,19,20,21,22). The van der Waals surface area contributed by atoms with Gasteiger partial charge in [0.2, 0.25) is 0 Å². The number of nitrogens with one attached hydrogen (secondary N) is 1. The molecule has 2 aromatic heterocycles. The number of unbranched alkanes of at least 4 members (excludes halogenated alkanes) is 2. The van der Waals surface area contributed by atoms with Gasteiger partial charge in [0.15, 0.2) is 0 Å². The van der Waals surface area contributed by atoms with Crippen LogP contribution in [-0.4, -0.2) is 22.5 Å². The average molecular weight is 341 g/mol. The quantitative estimate of drug-likeness (QED) is 0.642. The lowest BCUT2D eigenvalue weighted by Crippen LogP contribution is -2.13. The molecule has 1 aromatic carbocycles. The van der Waals surface area contributed by atoms with Gasteiger partial charge in [-0.3, -0.25) is 4.79 Å². The van der Waals surface area contributed by atoms with Crippen molar-refractivity contribution in [2.45, 2.75) is 26.2 Å². The molecule has 1 N–H and O–H groups in total. The number of aromatic nitrogens is 2. The van der Waals surface area contributed by atoms with Gasteiger partial charge in [-0.1, -0.05) is 19.8 Å². The molecule has 0 unspecified atom stereocenters. The molecule has 2 heterocycles. The van der Waals surface area contributed by atoms with Crippen LogP contribution in [0.1, 0.15) is 36.5 Å². The zero-order valence-corrected chi connectivity index (χ0v) is 14.3. The Hall–Kier alpha value is -2.47. The van der Waals surface area contributed by atoms with Crippen LogP contribution in [0.5, 0.6) is 5.75 Å². The summed E-state index contributed by atoms with van der Waals surface area (Å²) >= 11 is 1.52. The van der Waals surface area contributed by atoms with E-state index in [0.717, 1.165) is 28.8 Å². The van der Waals surface area contributed by atoms with E-state index in [2.05, 4.69) is 22.2 Å². The summed E-state index contributed by atoms with van der Waals surface area (Å²) in [6.07, 6.45) is 4.84. The Bertz CT molecular complexity index is 815. The van der Waals surface area contributed by atoms with Crippen LogP contribution in [-0.2, 0) is 0 Å². The summed E-state index contributed by atoms with van der Waals surface area (Å²) in [5.41, 5.74) is 0.568. The summed E-state index contributed by atoms with van der Waals surface area (Å²) in [6.45, 7) is 2.87. The number of amides is 1. The zero-order valence-electron chi connectivity index (χ0n) is 13.5. The molecule has 6 heteroatoms. The van der Waals surface area contributed by atoms with Gasteiger partial charge in [0.1, 0.15) is 22.7 Å². The minimum atomic E-state index is -0.196. The molecule has 124 valence electrons. The second-order valence-electron chi connectivity index (χ2n) is 5.40. The maximum absolute atomic E-state index is 12.4. The van der Waals surface area contributed by atoms with E-state index >= 15 is 0 Å². The smallest absolute Gasteiger partial charge is 0.256 e. The molecule has 1 amide bonds. The molecule has 3 rings (SSSR count). The summed E-state index contributed by atoms with van der Waals surface area (Å²) < 4.78 is 5.66. The molecule has 0 spiro atoms. The lowest BCUT2D eigenvalue weighted by molar-refractivity contribution is 0.102. The number of rotatable bonds is 7. The van der Waals surface area contributed by atoms with Crippen molar-refractivity contribution in [1.29, 1.82) is 0 Å². The van der Waals surface area contributed by atoms with Gasteiger partial charge in [0.25, 0.3) is 5.91 Å². The predicted molar refractivity (Wildman–Crippen MR) is 96.8 cm³/mol. The fraction of sp³-hybridized carbons (Fsp3) is 0.278. The number of hydrogen-bond donors (Lipinski definition) is 1. The second kappa shape index (κ2) is 7.88. The lowest BCUT2D eigenvalue weighted by Gasteiger charge is -2.08. The SMILES string of the molecule is CCCCCOc1ccc(C(=O)Nc2ncnc3sccc23)cc1. The maximum Gasteiger partial charge on any atom is 0.256 e. The summed E-state index contributed by atoms with van der Waals surface area (Å²) in [6, 6.07) is 9.07. The number of ether oxygens (including phenoxy) is 1. The van der Waals surface area contributed by atoms with Crippen LogP contribution < -0.4 is 10.1 Å². The third-order valence-electron chi connectivity index (χ3n) is 3.63. The number of benzene rings is 1. The van der Waals surface area contributed by atoms with Gasteiger partial charge in [-0.2, -0.15) is 0 Å². The van der Waals surface area contributed by atoms with E-state index in [0.29, 0.717) is 18.0 Å². The molecule has 0 aliphatic rings. The van der Waals surface area contributed by atoms with E-state index in [4.69, 9.17) is 4.74 Å². The lowest BCUT2D eigenvalue weighted by atomic mass is 10.2. The van der Waals surface area contributed by atoms with Gasteiger partial charge in [0, 0.05) is 5.56 Å². The minimum Gasteiger partial charge on any atom is -0.494 e. The molecular formula is C18H19N3O2S. The van der Waals surface area contributed by atoms with Crippen molar-refractivity contribution >= 4 is 33.3 Å². The van der Waals surface area contributed by atoms with E-state index in [1.165, 1.54) is 24.1 Å². The van der Waals surface area contributed by atoms with Crippen LogP contribution in [0.4, 0.5) is 5.82 Å². The van der Waals surface area contributed by atoms with E-state index in [-0.39, 0.29) is 5.91 Å². The van der Waals surface area contributed by atoms with Gasteiger partial charge in [-0.05, 0) is 42.1 Å². The first-order chi connectivity index (χ1) is 11.8. The fourth-order valence-electron chi connectivity index (χ4n) is 2.31. The average Bonchev–Trinajstić information content (AvgIpc) is 3.09. The number of anilines is 1. The number of hydrogen-bond acceptors (Lipinski definition) is 5. The van der Waals surface area contributed by atoms with Crippen molar-refractivity contribution in [2.75, 3.05) is 11.9 Å². The van der Waals surface area contributed by atoms with Crippen LogP contribution in [0, 0.1) is 0 Å². The van der Waals surface area contributed by atoms with E-state index in [9.17, 15) is 4.79 Å². The summed E-state index contributed by atoms with van der Waals surface area (Å²) in [4.78, 5) is 21.6. The van der Waals surface area contributed by atoms with Crippen LogP contribution in [0.2, 0.25) is 0 Å². The highest BCUT2D eigenvalue weighted by molar-refractivity contribution is 7.16. The van der Waals surface area contributed by atoms with Gasteiger partial charge in [-0.25, -0.2) is 9.97 Å². The third-order valence-corrected chi connectivity index (χ3v) is 4.45. The Morgan fingerprint density at radius 1 is 1.17 bits per heavy atom. The van der Waals surface area contributed by atoms with Crippen molar-refractivity contribution < 1.29 is 9.53 Å². The normalized spacial score (nSPS) is 10.7. The topological polar surface area (TPSA) is 64.1 Å². The number of fused-ring (bicyclic) bond motifs is 1. The summed E-state index contributed by atoms with van der Waals surface area (Å²) in [5.74, 6) is 1.12. The molecule has 24 heavy (non-hydrogen) atoms. The molecular weight excluding hydrogens is 322 g/mol. The number of carbonyl (C=O) groups is 1. The van der Waals surface area contributed by atoms with E-state index < -0.39 is 0 Å². The van der Waals surface area contributed by atoms with Gasteiger partial charge < -0.3 is 10.1 Å². The maximum atomic E-state index is 12.4. The van der Waals surface area contributed by atoms with E-state index in [1.807, 2.05) is 23.6 Å². The van der Waals surface area contributed by atoms with Crippen molar-refractivity contribution in [3.8, 4) is 5.75 Å². The minimum absolute atomic E-state index is 0.196. The first-order valence-electron chi connectivity index (χ1n) is 8.00. The first-order valence-corrected chi connectivity index (χ1v) is 8.88. The zero-order chi connectivity index (χ0) is 16.8. The van der Waals surface area contributed by atoms with Crippen LogP contribution >= 0.6 is 11.3 Å². The molecule has 3 aromatic rings. The molecule has 0 saturated carbocycles. The van der Waals surface area contributed by atoms with Crippen molar-refractivity contribution in [3.05, 3.63) is 47.6 Å². The Balaban J connectivity index is 1.64. The molecule has 0 aliphatic heterocycles. The number of thiophene rings is 1. The van der Waals surface area contributed by atoms with Crippen molar-refractivity contribution in [2.24, 2.45) is 0 Å². The largest absolute Gasteiger partial charge is 0.494 e. The summed E-state index contributed by atoms with van der Waals surface area (Å²) in [7, 11) is 0. The van der Waals surface area contributed by atoms with Gasteiger partial charge >= 0.3 is 0 Å². The Morgan fingerprint density at radius 3 is 2.79 bits per heavy atom. The summed E-state index contributed by atoms with van der Waals surface area (Å²) in [5, 5.41) is 5.63. The van der Waals surface area contributed by atoms with Crippen molar-refractivity contribution in [1.82, 2.24) is 9.97 Å². The molecule has 0 aliphatic carbocycles. The Labute approximate surface area is 144 Å². The molecule has 5 nitrogen and oxygen atoms in total. The molecule has 0 fully saturated rings. The van der Waals surface area contributed by atoms with Crippen LogP contribution in [0.25, 0.3) is 10.2 Å². The van der Waals surface area contributed by atoms with E-state index in [1.54, 1.807) is 12.1 Å². The first kappa shape index (κ1) is 16.4. The van der Waals surface area contributed by atoms with Crippen LogP contribution in [0.15, 0.2) is 42.0 Å². The monoisotopic (exact) mass is 341 g/mol. The highest BCUT2D eigenvalue weighted by atomic mass is 32.1. The van der Waals surface area contributed by atoms with Crippen LogP contribution in [0.3, 0.4) is 0 Å². The molecule has 0 radical (unpaired) electrons.